The molecule has 0 bridgehead atoms. The summed E-state index contributed by atoms with van der Waals surface area (Å²) in [6.45, 7) is 0.505. The Morgan fingerprint density at radius 2 is 1.78 bits per heavy atom. The second-order valence-corrected chi connectivity index (χ2v) is 5.43. The second-order valence-electron chi connectivity index (χ2n) is 3.57. The normalized spacial score (nSPS) is 10.6. The smallest absolute Gasteiger partial charge is 0.196 e. The zero-order valence-electron chi connectivity index (χ0n) is 9.43. The maximum absolute atomic E-state index is 5.62. The molecule has 0 aliphatic rings. The highest BCUT2D eigenvalue weighted by molar-refractivity contribution is 9.10. The molecule has 0 fully saturated rings. The molecule has 94 valence electrons. The van der Waals surface area contributed by atoms with E-state index in [1.165, 1.54) is 17.8 Å². The maximum Gasteiger partial charge on any atom is 0.196 e. The van der Waals surface area contributed by atoms with Gasteiger partial charge in [0.1, 0.15) is 11.6 Å². The van der Waals surface area contributed by atoms with Crippen LogP contribution >= 0.6 is 27.7 Å². The summed E-state index contributed by atoms with van der Waals surface area (Å²) in [5.74, 6) is 0.722. The average molecular weight is 326 g/mol. The van der Waals surface area contributed by atoms with Crippen LogP contribution < -0.4 is 17.2 Å². The van der Waals surface area contributed by atoms with E-state index in [2.05, 4.69) is 25.9 Å². The molecule has 2 aromatic rings. The number of rotatable bonds is 3. The molecule has 1 aromatic carbocycles. The molecular formula is C11H12BrN5S. The number of halogens is 1. The Kier molecular flexibility index (Phi) is 4.05. The number of nitrogen functional groups attached to an aromatic ring is 2. The van der Waals surface area contributed by atoms with Crippen molar-refractivity contribution in [1.29, 1.82) is 0 Å². The first-order valence-corrected chi connectivity index (χ1v) is 6.76. The number of anilines is 2. The third-order valence-electron chi connectivity index (χ3n) is 2.18. The second kappa shape index (κ2) is 5.55. The van der Waals surface area contributed by atoms with Crippen LogP contribution in [0.25, 0.3) is 0 Å². The van der Waals surface area contributed by atoms with Crippen molar-refractivity contribution in [2.75, 3.05) is 11.5 Å². The highest BCUT2D eigenvalue weighted by Crippen LogP contribution is 2.32. The molecule has 0 amide bonds. The Hall–Kier alpha value is -1.31. The standard InChI is InChI=1S/C11H12BrN5S/c12-7-3-6(5-13)1-2-8(7)18-11-16-9(14)4-10(15)17-11/h1-4H,5,13H2,(H4,14,15,16,17). The largest absolute Gasteiger partial charge is 0.383 e. The van der Waals surface area contributed by atoms with Gasteiger partial charge in [-0.25, -0.2) is 9.97 Å². The van der Waals surface area contributed by atoms with Crippen LogP contribution in [0.4, 0.5) is 11.6 Å². The van der Waals surface area contributed by atoms with Gasteiger partial charge in [0.05, 0.1) is 0 Å². The number of aromatic nitrogens is 2. The van der Waals surface area contributed by atoms with Gasteiger partial charge in [0.2, 0.25) is 0 Å². The van der Waals surface area contributed by atoms with Crippen LogP contribution in [0.15, 0.2) is 38.8 Å². The zero-order chi connectivity index (χ0) is 13.1. The SMILES string of the molecule is NCc1ccc(Sc2nc(N)cc(N)n2)c(Br)c1. The number of hydrogen-bond donors (Lipinski definition) is 3. The van der Waals surface area contributed by atoms with E-state index in [1.807, 2.05) is 18.2 Å². The molecule has 1 heterocycles. The van der Waals surface area contributed by atoms with Crippen molar-refractivity contribution >= 4 is 39.3 Å². The van der Waals surface area contributed by atoms with E-state index in [1.54, 1.807) is 0 Å². The van der Waals surface area contributed by atoms with Crippen molar-refractivity contribution in [3.05, 3.63) is 34.3 Å². The number of nitrogens with two attached hydrogens (primary N) is 3. The first-order valence-electron chi connectivity index (χ1n) is 5.15. The molecule has 1 aromatic heterocycles. The van der Waals surface area contributed by atoms with Gasteiger partial charge in [-0.15, -0.1) is 0 Å². The third-order valence-corrected chi connectivity index (χ3v) is 4.04. The third kappa shape index (κ3) is 3.12. The van der Waals surface area contributed by atoms with Crippen LogP contribution in [0.1, 0.15) is 5.56 Å². The predicted molar refractivity (Wildman–Crippen MR) is 77.0 cm³/mol. The van der Waals surface area contributed by atoms with Gasteiger partial charge < -0.3 is 17.2 Å². The summed E-state index contributed by atoms with van der Waals surface area (Å²) >= 11 is 4.88. The quantitative estimate of drug-likeness (QED) is 0.746. The van der Waals surface area contributed by atoms with Gasteiger partial charge in [0.15, 0.2) is 5.16 Å². The Labute approximate surface area is 117 Å². The first kappa shape index (κ1) is 13.1. The Bertz CT molecular complexity index is 555. The van der Waals surface area contributed by atoms with Crippen molar-refractivity contribution in [1.82, 2.24) is 9.97 Å². The van der Waals surface area contributed by atoms with Gasteiger partial charge in [0, 0.05) is 22.0 Å². The average Bonchev–Trinajstić information content (AvgIpc) is 2.30. The van der Waals surface area contributed by atoms with E-state index in [-0.39, 0.29) is 0 Å². The summed E-state index contributed by atoms with van der Waals surface area (Å²) in [6.07, 6.45) is 0. The van der Waals surface area contributed by atoms with Gasteiger partial charge in [-0.3, -0.25) is 0 Å². The molecule has 0 spiro atoms. The van der Waals surface area contributed by atoms with Crippen molar-refractivity contribution in [3.8, 4) is 0 Å². The lowest BCUT2D eigenvalue weighted by Crippen LogP contribution is -1.99. The van der Waals surface area contributed by atoms with E-state index < -0.39 is 0 Å². The van der Waals surface area contributed by atoms with Gasteiger partial charge in [0.25, 0.3) is 0 Å². The lowest BCUT2D eigenvalue weighted by atomic mass is 10.2. The fourth-order valence-electron chi connectivity index (χ4n) is 1.36. The molecule has 7 heteroatoms. The van der Waals surface area contributed by atoms with Gasteiger partial charge in [-0.2, -0.15) is 0 Å². The predicted octanol–water partition coefficient (Wildman–Crippen LogP) is 2.01. The lowest BCUT2D eigenvalue weighted by molar-refractivity contribution is 0.983. The summed E-state index contributed by atoms with van der Waals surface area (Å²) in [5, 5.41) is 0.522. The van der Waals surface area contributed by atoms with Gasteiger partial charge >= 0.3 is 0 Å². The van der Waals surface area contributed by atoms with Crippen LogP contribution in [0.5, 0.6) is 0 Å². The number of benzene rings is 1. The van der Waals surface area contributed by atoms with E-state index in [0.717, 1.165) is 14.9 Å². The Morgan fingerprint density at radius 1 is 1.11 bits per heavy atom. The van der Waals surface area contributed by atoms with Crippen LogP contribution in [0.3, 0.4) is 0 Å². The summed E-state index contributed by atoms with van der Waals surface area (Å²) in [7, 11) is 0. The molecule has 5 nitrogen and oxygen atoms in total. The molecule has 0 saturated carbocycles. The Morgan fingerprint density at radius 3 is 2.33 bits per heavy atom. The fourth-order valence-corrected chi connectivity index (χ4v) is 2.82. The van der Waals surface area contributed by atoms with Crippen LogP contribution in [-0.4, -0.2) is 9.97 Å². The summed E-state index contributed by atoms with van der Waals surface area (Å²) in [6, 6.07) is 7.41. The van der Waals surface area contributed by atoms with Crippen molar-refractivity contribution in [3.63, 3.8) is 0 Å². The molecular weight excluding hydrogens is 314 g/mol. The van der Waals surface area contributed by atoms with E-state index >= 15 is 0 Å². The minimum atomic E-state index is 0.361. The molecule has 2 rings (SSSR count). The summed E-state index contributed by atoms with van der Waals surface area (Å²) in [5.41, 5.74) is 17.9. The minimum absolute atomic E-state index is 0.361. The van der Waals surface area contributed by atoms with E-state index in [0.29, 0.717) is 23.3 Å². The molecule has 0 aliphatic carbocycles. The van der Waals surface area contributed by atoms with Crippen LogP contribution in [0, 0.1) is 0 Å². The van der Waals surface area contributed by atoms with E-state index in [9.17, 15) is 0 Å². The molecule has 0 unspecified atom stereocenters. The van der Waals surface area contributed by atoms with Crippen LogP contribution in [-0.2, 0) is 6.54 Å². The van der Waals surface area contributed by atoms with Crippen molar-refractivity contribution in [2.24, 2.45) is 5.73 Å². The molecule has 6 N–H and O–H groups in total. The maximum atomic E-state index is 5.62. The highest BCUT2D eigenvalue weighted by atomic mass is 79.9. The summed E-state index contributed by atoms with van der Waals surface area (Å²) in [4.78, 5) is 9.22. The van der Waals surface area contributed by atoms with Crippen LogP contribution in [0.2, 0.25) is 0 Å². The molecule has 0 atom stereocenters. The lowest BCUT2D eigenvalue weighted by Gasteiger charge is -2.06. The minimum Gasteiger partial charge on any atom is -0.383 e. The summed E-state index contributed by atoms with van der Waals surface area (Å²) < 4.78 is 0.944. The van der Waals surface area contributed by atoms with Crippen molar-refractivity contribution in [2.45, 2.75) is 16.6 Å². The molecule has 0 aliphatic heterocycles. The van der Waals surface area contributed by atoms with Gasteiger partial charge in [-0.1, -0.05) is 6.07 Å². The Balaban J connectivity index is 2.28. The molecule has 18 heavy (non-hydrogen) atoms. The van der Waals surface area contributed by atoms with Crippen molar-refractivity contribution < 1.29 is 0 Å². The van der Waals surface area contributed by atoms with Gasteiger partial charge in [-0.05, 0) is 45.4 Å². The van der Waals surface area contributed by atoms with E-state index in [4.69, 9.17) is 17.2 Å². The number of hydrogen-bond acceptors (Lipinski definition) is 6. The molecule has 0 saturated heterocycles. The highest BCUT2D eigenvalue weighted by Gasteiger charge is 2.07. The monoisotopic (exact) mass is 325 g/mol. The molecule has 0 radical (unpaired) electrons. The topological polar surface area (TPSA) is 104 Å². The first-order chi connectivity index (χ1) is 8.58. The zero-order valence-corrected chi connectivity index (χ0v) is 11.8. The number of nitrogens with zero attached hydrogens (tertiary/aromatic N) is 2. The fraction of sp³-hybridized carbons (Fsp3) is 0.0909.